The first-order chi connectivity index (χ1) is 14.5. The Morgan fingerprint density at radius 3 is 2.47 bits per heavy atom. The molecule has 0 atom stereocenters. The van der Waals surface area contributed by atoms with Crippen LogP contribution in [0.25, 0.3) is 0 Å². The van der Waals surface area contributed by atoms with Crippen molar-refractivity contribution in [1.82, 2.24) is 4.90 Å². The Bertz CT molecular complexity index is 1000. The van der Waals surface area contributed by atoms with Gasteiger partial charge in [0.25, 0.3) is 5.91 Å². The number of carbonyl (C=O) groups excluding carboxylic acids is 1. The average molecular weight is 431 g/mol. The second-order valence-corrected chi connectivity index (χ2v) is 7.79. The van der Waals surface area contributed by atoms with E-state index in [-0.39, 0.29) is 28.5 Å². The molecular weight excluding hydrogens is 410 g/mol. The third-order valence-corrected chi connectivity index (χ3v) is 5.66. The van der Waals surface area contributed by atoms with Crippen LogP contribution in [-0.4, -0.2) is 29.9 Å². The van der Waals surface area contributed by atoms with Crippen molar-refractivity contribution in [2.24, 2.45) is 0 Å². The molecule has 2 heterocycles. The number of likely N-dealkylation sites (tertiary alicyclic amines) is 1. The fraction of sp³-hybridized carbons (Fsp3) is 0.261. The summed E-state index contributed by atoms with van der Waals surface area (Å²) in [6, 6.07) is 14.0. The van der Waals surface area contributed by atoms with Crippen molar-refractivity contribution in [3.8, 4) is 0 Å². The Morgan fingerprint density at radius 2 is 1.83 bits per heavy atom. The predicted molar refractivity (Wildman–Crippen MR) is 112 cm³/mol. The van der Waals surface area contributed by atoms with Gasteiger partial charge >= 0.3 is 0 Å². The molecule has 0 saturated carbocycles. The summed E-state index contributed by atoms with van der Waals surface area (Å²) in [5, 5.41) is 0.119. The van der Waals surface area contributed by atoms with E-state index >= 15 is 0 Å². The maximum Gasteiger partial charge on any atom is 0.294 e. The van der Waals surface area contributed by atoms with Crippen LogP contribution in [-0.2, 0) is 6.54 Å². The van der Waals surface area contributed by atoms with Crippen LogP contribution in [0.1, 0.15) is 29.0 Å². The second kappa shape index (κ2) is 8.98. The van der Waals surface area contributed by atoms with Crippen LogP contribution < -0.4 is 4.90 Å². The molecule has 7 heteroatoms. The van der Waals surface area contributed by atoms with Gasteiger partial charge in [0.15, 0.2) is 5.76 Å². The Labute approximate surface area is 178 Å². The van der Waals surface area contributed by atoms with E-state index in [0.29, 0.717) is 12.2 Å². The zero-order chi connectivity index (χ0) is 21.1. The van der Waals surface area contributed by atoms with Gasteiger partial charge in [0, 0.05) is 31.4 Å². The Morgan fingerprint density at radius 1 is 1.10 bits per heavy atom. The quantitative estimate of drug-likeness (QED) is 0.534. The summed E-state index contributed by atoms with van der Waals surface area (Å²) in [7, 11) is 0. The molecule has 1 aromatic heterocycles. The summed E-state index contributed by atoms with van der Waals surface area (Å²) in [6.45, 7) is 2.20. The summed E-state index contributed by atoms with van der Waals surface area (Å²) in [4.78, 5) is 17.1. The lowest BCUT2D eigenvalue weighted by Crippen LogP contribution is -2.47. The first kappa shape index (κ1) is 20.6. The van der Waals surface area contributed by atoms with Gasteiger partial charge in [0.1, 0.15) is 11.6 Å². The molecular formula is C23H21ClF2N2O2. The number of hydrogen-bond acceptors (Lipinski definition) is 3. The molecule has 0 N–H and O–H groups in total. The summed E-state index contributed by atoms with van der Waals surface area (Å²) >= 11 is 5.89. The van der Waals surface area contributed by atoms with Crippen LogP contribution in [0, 0.1) is 11.6 Å². The van der Waals surface area contributed by atoms with Crippen molar-refractivity contribution in [3.05, 3.63) is 88.8 Å². The summed E-state index contributed by atoms with van der Waals surface area (Å²) in [6.07, 6.45) is 2.96. The normalized spacial score (nSPS) is 15.3. The van der Waals surface area contributed by atoms with Crippen molar-refractivity contribution < 1.29 is 18.0 Å². The molecule has 1 aliphatic heterocycles. The van der Waals surface area contributed by atoms with Gasteiger partial charge in [-0.25, -0.2) is 8.78 Å². The highest BCUT2D eigenvalue weighted by Gasteiger charge is 2.31. The van der Waals surface area contributed by atoms with E-state index in [4.69, 9.17) is 16.0 Å². The first-order valence-corrected chi connectivity index (χ1v) is 10.2. The highest BCUT2D eigenvalue weighted by Crippen LogP contribution is 2.27. The molecule has 1 saturated heterocycles. The summed E-state index contributed by atoms with van der Waals surface area (Å²) < 4.78 is 32.1. The average Bonchev–Trinajstić information content (AvgIpc) is 3.28. The van der Waals surface area contributed by atoms with Crippen LogP contribution in [0.15, 0.2) is 65.3 Å². The zero-order valence-corrected chi connectivity index (χ0v) is 17.0. The van der Waals surface area contributed by atoms with Crippen molar-refractivity contribution in [2.45, 2.75) is 25.4 Å². The van der Waals surface area contributed by atoms with E-state index in [0.717, 1.165) is 31.5 Å². The fourth-order valence-corrected chi connectivity index (χ4v) is 4.05. The van der Waals surface area contributed by atoms with Gasteiger partial charge < -0.3 is 9.32 Å². The standard InChI is InChI=1S/C23H21ClF2N2O2/c24-20-14-16(3-8-21(20)26)15-27-11-9-19(10-12-27)28(18-6-4-17(25)5-7-18)23(29)22-2-1-13-30-22/h1-8,13-14,19H,9-12,15H2. The maximum atomic E-state index is 13.4. The number of carbonyl (C=O) groups is 1. The highest BCUT2D eigenvalue weighted by atomic mass is 35.5. The topological polar surface area (TPSA) is 36.7 Å². The number of halogens is 3. The number of anilines is 1. The second-order valence-electron chi connectivity index (χ2n) is 7.38. The number of benzene rings is 2. The molecule has 0 aliphatic carbocycles. The van der Waals surface area contributed by atoms with Crippen molar-refractivity contribution in [2.75, 3.05) is 18.0 Å². The lowest BCUT2D eigenvalue weighted by atomic mass is 10.0. The van der Waals surface area contributed by atoms with Gasteiger partial charge in [0.2, 0.25) is 0 Å². The molecule has 0 bridgehead atoms. The lowest BCUT2D eigenvalue weighted by Gasteiger charge is -2.38. The molecule has 1 amide bonds. The van der Waals surface area contributed by atoms with Crippen LogP contribution in [0.3, 0.4) is 0 Å². The van der Waals surface area contributed by atoms with Gasteiger partial charge in [-0.1, -0.05) is 17.7 Å². The molecule has 4 nitrogen and oxygen atoms in total. The fourth-order valence-electron chi connectivity index (χ4n) is 3.85. The number of piperidine rings is 1. The lowest BCUT2D eigenvalue weighted by molar-refractivity contribution is 0.0931. The summed E-state index contributed by atoms with van der Waals surface area (Å²) in [5.74, 6) is -0.763. The van der Waals surface area contributed by atoms with Crippen LogP contribution in [0.5, 0.6) is 0 Å². The van der Waals surface area contributed by atoms with E-state index in [9.17, 15) is 13.6 Å². The minimum absolute atomic E-state index is 0.0406. The molecule has 4 rings (SSSR count). The largest absolute Gasteiger partial charge is 0.459 e. The molecule has 0 spiro atoms. The SMILES string of the molecule is O=C(c1ccco1)N(c1ccc(F)cc1)C1CCN(Cc2ccc(F)c(Cl)c2)CC1. The smallest absolute Gasteiger partial charge is 0.294 e. The third kappa shape index (κ3) is 4.55. The maximum absolute atomic E-state index is 13.4. The number of furan rings is 1. The molecule has 1 aliphatic rings. The molecule has 3 aromatic rings. The van der Waals surface area contributed by atoms with Gasteiger partial charge in [-0.05, 0) is 66.9 Å². The highest BCUT2D eigenvalue weighted by molar-refractivity contribution is 6.30. The van der Waals surface area contributed by atoms with E-state index in [1.54, 1.807) is 41.3 Å². The van der Waals surface area contributed by atoms with Crippen molar-refractivity contribution in [3.63, 3.8) is 0 Å². The van der Waals surface area contributed by atoms with E-state index in [1.807, 2.05) is 0 Å². The van der Waals surface area contributed by atoms with E-state index < -0.39 is 5.82 Å². The van der Waals surface area contributed by atoms with E-state index in [1.165, 1.54) is 24.5 Å². The predicted octanol–water partition coefficient (Wildman–Crippen LogP) is 5.52. The number of rotatable bonds is 5. The molecule has 156 valence electrons. The summed E-state index contributed by atoms with van der Waals surface area (Å²) in [5.41, 5.74) is 1.59. The Kier molecular flexibility index (Phi) is 6.16. The number of amides is 1. The molecule has 0 radical (unpaired) electrons. The van der Waals surface area contributed by atoms with Gasteiger partial charge in [-0.3, -0.25) is 9.69 Å². The molecule has 2 aromatic carbocycles. The third-order valence-electron chi connectivity index (χ3n) is 5.37. The van der Waals surface area contributed by atoms with Gasteiger partial charge in [-0.15, -0.1) is 0 Å². The van der Waals surface area contributed by atoms with Gasteiger partial charge in [0.05, 0.1) is 11.3 Å². The van der Waals surface area contributed by atoms with E-state index in [2.05, 4.69) is 4.90 Å². The molecule has 30 heavy (non-hydrogen) atoms. The Balaban J connectivity index is 1.48. The van der Waals surface area contributed by atoms with Gasteiger partial charge in [-0.2, -0.15) is 0 Å². The first-order valence-electron chi connectivity index (χ1n) is 9.80. The number of hydrogen-bond donors (Lipinski definition) is 0. The zero-order valence-electron chi connectivity index (χ0n) is 16.2. The minimum Gasteiger partial charge on any atom is -0.459 e. The number of nitrogens with zero attached hydrogens (tertiary/aromatic N) is 2. The van der Waals surface area contributed by atoms with Crippen molar-refractivity contribution >= 4 is 23.2 Å². The monoisotopic (exact) mass is 430 g/mol. The Hall–Kier alpha value is -2.70. The minimum atomic E-state index is -0.425. The van der Waals surface area contributed by atoms with Crippen LogP contribution in [0.4, 0.5) is 14.5 Å². The van der Waals surface area contributed by atoms with Crippen LogP contribution in [0.2, 0.25) is 5.02 Å². The molecule has 1 fully saturated rings. The van der Waals surface area contributed by atoms with Crippen molar-refractivity contribution in [1.29, 1.82) is 0 Å². The molecule has 0 unspecified atom stereocenters. The van der Waals surface area contributed by atoms with Crippen LogP contribution >= 0.6 is 11.6 Å².